The number of nitrogens with two attached hydrogens (primary N) is 1. The molecule has 0 aliphatic heterocycles. The quantitative estimate of drug-likeness (QED) is 0.790. The number of rotatable bonds is 3. The molecule has 2 rings (SSSR count). The molecular weight excluding hydrogens is 212 g/mol. The Morgan fingerprint density at radius 1 is 1.24 bits per heavy atom. The number of ether oxygens (including phenoxy) is 1. The van der Waals surface area contributed by atoms with E-state index in [9.17, 15) is 0 Å². The second kappa shape index (κ2) is 4.86. The number of methoxy groups -OCH3 is 1. The number of hydrogen-bond acceptors (Lipinski definition) is 3. The van der Waals surface area contributed by atoms with Crippen molar-refractivity contribution in [2.45, 2.75) is 32.7 Å². The van der Waals surface area contributed by atoms with Crippen molar-refractivity contribution in [1.29, 1.82) is 0 Å². The van der Waals surface area contributed by atoms with Crippen LogP contribution in [0.25, 0.3) is 0 Å². The van der Waals surface area contributed by atoms with Crippen molar-refractivity contribution in [2.24, 2.45) is 11.8 Å². The van der Waals surface area contributed by atoms with E-state index in [1.54, 1.807) is 7.11 Å². The van der Waals surface area contributed by atoms with E-state index in [2.05, 4.69) is 19.2 Å². The Morgan fingerprint density at radius 3 is 2.59 bits per heavy atom. The van der Waals surface area contributed by atoms with Crippen LogP contribution >= 0.6 is 0 Å². The van der Waals surface area contributed by atoms with Gasteiger partial charge in [0.2, 0.25) is 0 Å². The Hall–Kier alpha value is -1.38. The fourth-order valence-electron chi connectivity index (χ4n) is 2.61. The Labute approximate surface area is 103 Å². The second-order valence-corrected chi connectivity index (χ2v) is 5.16. The van der Waals surface area contributed by atoms with Crippen molar-refractivity contribution in [1.82, 2.24) is 0 Å². The minimum absolute atomic E-state index is 0.552. The van der Waals surface area contributed by atoms with Crippen molar-refractivity contribution >= 4 is 11.4 Å². The molecular formula is C14H22N2O. The van der Waals surface area contributed by atoms with Gasteiger partial charge in [0.15, 0.2) is 0 Å². The summed E-state index contributed by atoms with van der Waals surface area (Å²) in [6.45, 7) is 4.64. The summed E-state index contributed by atoms with van der Waals surface area (Å²) >= 11 is 0. The minimum Gasteiger partial charge on any atom is -0.497 e. The average Bonchev–Trinajstić information content (AvgIpc) is 2.60. The predicted molar refractivity (Wildman–Crippen MR) is 72.4 cm³/mol. The van der Waals surface area contributed by atoms with Crippen molar-refractivity contribution in [2.75, 3.05) is 18.2 Å². The van der Waals surface area contributed by atoms with Crippen LogP contribution in [0.15, 0.2) is 18.2 Å². The van der Waals surface area contributed by atoms with Crippen LogP contribution in [0.4, 0.5) is 11.4 Å². The highest BCUT2D eigenvalue weighted by Crippen LogP contribution is 2.34. The van der Waals surface area contributed by atoms with Crippen LogP contribution in [0.2, 0.25) is 0 Å². The zero-order valence-corrected chi connectivity index (χ0v) is 10.9. The van der Waals surface area contributed by atoms with Crippen molar-refractivity contribution in [3.8, 4) is 5.75 Å². The molecule has 94 valence electrons. The summed E-state index contributed by atoms with van der Waals surface area (Å²) in [5, 5.41) is 3.58. The lowest BCUT2D eigenvalue weighted by Gasteiger charge is -2.21. The lowest BCUT2D eigenvalue weighted by Crippen LogP contribution is -2.24. The third-order valence-electron chi connectivity index (χ3n) is 3.98. The molecule has 3 atom stereocenters. The van der Waals surface area contributed by atoms with E-state index >= 15 is 0 Å². The van der Waals surface area contributed by atoms with Crippen LogP contribution in [0.5, 0.6) is 5.75 Å². The van der Waals surface area contributed by atoms with Gasteiger partial charge in [-0.15, -0.1) is 0 Å². The molecule has 3 nitrogen and oxygen atoms in total. The molecule has 1 aromatic rings. The first kappa shape index (κ1) is 12.1. The van der Waals surface area contributed by atoms with Gasteiger partial charge in [-0.3, -0.25) is 0 Å². The monoisotopic (exact) mass is 234 g/mol. The Kier molecular flexibility index (Phi) is 3.46. The van der Waals surface area contributed by atoms with Gasteiger partial charge in [-0.2, -0.15) is 0 Å². The average molecular weight is 234 g/mol. The van der Waals surface area contributed by atoms with Crippen LogP contribution in [0.1, 0.15) is 26.7 Å². The molecule has 0 radical (unpaired) electrons. The summed E-state index contributed by atoms with van der Waals surface area (Å²) in [5.41, 5.74) is 7.66. The van der Waals surface area contributed by atoms with Gasteiger partial charge in [-0.05, 0) is 30.7 Å². The predicted octanol–water partition coefficient (Wildman–Crippen LogP) is 3.12. The SMILES string of the molecule is COc1cc(N)cc(NC2CCC(C)C2C)c1. The maximum atomic E-state index is 5.85. The molecule has 0 saturated heterocycles. The molecule has 17 heavy (non-hydrogen) atoms. The third kappa shape index (κ3) is 2.65. The van der Waals surface area contributed by atoms with Crippen LogP contribution in [0, 0.1) is 11.8 Å². The van der Waals surface area contributed by atoms with Crippen LogP contribution < -0.4 is 15.8 Å². The first-order chi connectivity index (χ1) is 8.10. The normalized spacial score (nSPS) is 28.1. The zero-order valence-electron chi connectivity index (χ0n) is 10.9. The minimum atomic E-state index is 0.552. The summed E-state index contributed by atoms with van der Waals surface area (Å²) in [6, 6.07) is 6.37. The van der Waals surface area contributed by atoms with E-state index in [1.807, 2.05) is 18.2 Å². The van der Waals surface area contributed by atoms with Crippen LogP contribution in [-0.2, 0) is 0 Å². The van der Waals surface area contributed by atoms with Crippen molar-refractivity contribution in [3.63, 3.8) is 0 Å². The number of nitrogens with one attached hydrogen (secondary N) is 1. The molecule has 3 heteroatoms. The first-order valence-electron chi connectivity index (χ1n) is 6.31. The number of anilines is 2. The summed E-state index contributed by atoms with van der Waals surface area (Å²) < 4.78 is 5.23. The van der Waals surface area contributed by atoms with Crippen LogP contribution in [0.3, 0.4) is 0 Å². The summed E-state index contributed by atoms with van der Waals surface area (Å²) in [7, 11) is 1.67. The van der Waals surface area contributed by atoms with E-state index in [4.69, 9.17) is 10.5 Å². The molecule has 0 bridgehead atoms. The summed E-state index contributed by atoms with van der Waals surface area (Å²) in [5.74, 6) is 2.32. The molecule has 0 amide bonds. The molecule has 3 unspecified atom stereocenters. The van der Waals surface area contributed by atoms with Gasteiger partial charge in [0, 0.05) is 29.5 Å². The summed E-state index contributed by atoms with van der Waals surface area (Å²) in [4.78, 5) is 0. The maximum Gasteiger partial charge on any atom is 0.122 e. The van der Waals surface area contributed by atoms with E-state index in [0.717, 1.165) is 23.0 Å². The van der Waals surface area contributed by atoms with Gasteiger partial charge in [0.05, 0.1) is 7.11 Å². The summed E-state index contributed by atoms with van der Waals surface area (Å²) in [6.07, 6.45) is 2.54. The van der Waals surface area contributed by atoms with Crippen molar-refractivity contribution in [3.05, 3.63) is 18.2 Å². The lowest BCUT2D eigenvalue weighted by atomic mass is 9.97. The molecule has 0 spiro atoms. The second-order valence-electron chi connectivity index (χ2n) is 5.16. The maximum absolute atomic E-state index is 5.85. The standard InChI is InChI=1S/C14H22N2O/c1-9-4-5-14(10(9)2)16-12-6-11(15)7-13(8-12)17-3/h6-10,14,16H,4-5,15H2,1-3H3. The Balaban J connectivity index is 2.10. The fraction of sp³-hybridized carbons (Fsp3) is 0.571. The molecule has 1 aliphatic rings. The number of hydrogen-bond donors (Lipinski definition) is 2. The molecule has 1 aromatic carbocycles. The smallest absolute Gasteiger partial charge is 0.122 e. The fourth-order valence-corrected chi connectivity index (χ4v) is 2.61. The highest BCUT2D eigenvalue weighted by molar-refractivity contribution is 5.59. The Morgan fingerprint density at radius 2 is 2.00 bits per heavy atom. The van der Waals surface area contributed by atoms with Gasteiger partial charge in [0.25, 0.3) is 0 Å². The van der Waals surface area contributed by atoms with E-state index in [1.165, 1.54) is 12.8 Å². The molecule has 1 fully saturated rings. The zero-order chi connectivity index (χ0) is 12.4. The molecule has 0 heterocycles. The largest absolute Gasteiger partial charge is 0.497 e. The molecule has 3 N–H and O–H groups in total. The van der Waals surface area contributed by atoms with E-state index in [-0.39, 0.29) is 0 Å². The number of benzene rings is 1. The number of nitrogen functional groups attached to an aromatic ring is 1. The van der Waals surface area contributed by atoms with Gasteiger partial charge in [-0.25, -0.2) is 0 Å². The molecule has 0 aromatic heterocycles. The van der Waals surface area contributed by atoms with Gasteiger partial charge >= 0.3 is 0 Å². The lowest BCUT2D eigenvalue weighted by molar-refractivity contribution is 0.414. The Bertz CT molecular complexity index is 392. The van der Waals surface area contributed by atoms with Gasteiger partial charge < -0.3 is 15.8 Å². The van der Waals surface area contributed by atoms with E-state index in [0.29, 0.717) is 12.0 Å². The molecule has 1 aliphatic carbocycles. The van der Waals surface area contributed by atoms with Crippen LogP contribution in [-0.4, -0.2) is 13.2 Å². The third-order valence-corrected chi connectivity index (χ3v) is 3.98. The van der Waals surface area contributed by atoms with Gasteiger partial charge in [0.1, 0.15) is 5.75 Å². The topological polar surface area (TPSA) is 47.3 Å². The highest BCUT2D eigenvalue weighted by atomic mass is 16.5. The van der Waals surface area contributed by atoms with E-state index < -0.39 is 0 Å². The van der Waals surface area contributed by atoms with Gasteiger partial charge in [-0.1, -0.05) is 13.8 Å². The van der Waals surface area contributed by atoms with Crippen molar-refractivity contribution < 1.29 is 4.74 Å². The molecule has 1 saturated carbocycles. The highest BCUT2D eigenvalue weighted by Gasteiger charge is 2.29. The first-order valence-corrected chi connectivity index (χ1v) is 6.31.